The van der Waals surface area contributed by atoms with Crippen LogP contribution in [0.4, 0.5) is 14.9 Å². The summed E-state index contributed by atoms with van der Waals surface area (Å²) >= 11 is 0. The van der Waals surface area contributed by atoms with E-state index in [2.05, 4.69) is 46.1 Å². The molecule has 1 fully saturated rings. The van der Waals surface area contributed by atoms with Crippen molar-refractivity contribution in [2.24, 2.45) is 5.73 Å². The van der Waals surface area contributed by atoms with Gasteiger partial charge < -0.3 is 29.7 Å². The van der Waals surface area contributed by atoms with Gasteiger partial charge in [0.1, 0.15) is 5.75 Å². The summed E-state index contributed by atoms with van der Waals surface area (Å²) in [5, 5.41) is 0.597. The number of hydrogen-bond acceptors (Lipinski definition) is 8. The molecular weight excluding hydrogens is 565 g/mol. The first-order valence-electron chi connectivity index (χ1n) is 14.4. The van der Waals surface area contributed by atoms with E-state index >= 15 is 0 Å². The Labute approximate surface area is 255 Å². The molecule has 3 aliphatic rings. The van der Waals surface area contributed by atoms with Crippen LogP contribution in [0.25, 0.3) is 22.0 Å². The third-order valence-corrected chi connectivity index (χ3v) is 7.50. The van der Waals surface area contributed by atoms with Gasteiger partial charge in [-0.05, 0) is 54.9 Å². The molecule has 2 heterocycles. The summed E-state index contributed by atoms with van der Waals surface area (Å²) in [6.07, 6.45) is 2.44. The largest absolute Gasteiger partial charge is 0.493 e. The van der Waals surface area contributed by atoms with Crippen molar-refractivity contribution in [1.29, 1.82) is 0 Å². The Kier molecular flexibility index (Phi) is 9.56. The molecule has 2 aromatic carbocycles. The Bertz CT molecular complexity index is 1630. The number of primary amides is 1. The van der Waals surface area contributed by atoms with Gasteiger partial charge in [-0.15, -0.1) is 0 Å². The van der Waals surface area contributed by atoms with Crippen molar-refractivity contribution in [2.45, 2.75) is 13.3 Å². The standard InChI is InChI=1S/C27H32FN5O5.C6H4/c1-18(34)33(27(29)35)19-5-6-24(21(28)15-19)38-23-7-8-30-22-17-26(25(36-3)16-20(22)23)37-14-4-9-32-12-10-31(2)11-13-32;1-2-5-4-6(5)3-1/h5-8,15-17H,4,9-14H2,1-3H3,(H2,29,35);1-4H. The van der Waals surface area contributed by atoms with Crippen molar-refractivity contribution >= 4 is 28.5 Å². The van der Waals surface area contributed by atoms with Gasteiger partial charge in [-0.25, -0.2) is 14.1 Å². The lowest BCUT2D eigenvalue weighted by Crippen LogP contribution is -2.44. The Hall–Kier alpha value is -4.74. The molecule has 10 nitrogen and oxygen atoms in total. The van der Waals surface area contributed by atoms with Gasteiger partial charge in [0, 0.05) is 63.4 Å². The molecule has 6 rings (SSSR count). The van der Waals surface area contributed by atoms with Crippen molar-refractivity contribution in [3.8, 4) is 34.1 Å². The molecule has 0 atom stereocenters. The van der Waals surface area contributed by atoms with Crippen LogP contribution in [-0.2, 0) is 4.79 Å². The van der Waals surface area contributed by atoms with E-state index in [0.29, 0.717) is 39.7 Å². The van der Waals surface area contributed by atoms with Crippen molar-refractivity contribution in [2.75, 3.05) is 58.4 Å². The maximum atomic E-state index is 14.9. The molecule has 1 aromatic heterocycles. The highest BCUT2D eigenvalue weighted by Gasteiger charge is 2.20. The number of rotatable bonds is 9. The van der Waals surface area contributed by atoms with Crippen LogP contribution in [0.2, 0.25) is 0 Å². The Morgan fingerprint density at radius 3 is 2.30 bits per heavy atom. The molecule has 230 valence electrons. The Morgan fingerprint density at radius 2 is 1.70 bits per heavy atom. The molecule has 2 aliphatic carbocycles. The molecule has 11 heteroatoms. The maximum absolute atomic E-state index is 14.9. The van der Waals surface area contributed by atoms with Crippen molar-refractivity contribution in [3.63, 3.8) is 0 Å². The monoisotopic (exact) mass is 601 g/mol. The third kappa shape index (κ3) is 7.42. The minimum absolute atomic E-state index is 0.00511. The third-order valence-electron chi connectivity index (χ3n) is 7.50. The zero-order chi connectivity index (χ0) is 31.2. The number of amides is 3. The van der Waals surface area contributed by atoms with Gasteiger partial charge in [0.15, 0.2) is 23.1 Å². The number of nitrogens with two attached hydrogens (primary N) is 1. The molecule has 0 bridgehead atoms. The first-order chi connectivity index (χ1) is 21.2. The topological polar surface area (TPSA) is 110 Å². The number of hydrogen-bond donors (Lipinski definition) is 1. The van der Waals surface area contributed by atoms with E-state index in [0.717, 1.165) is 52.1 Å². The maximum Gasteiger partial charge on any atom is 0.326 e. The number of benzene rings is 3. The first-order valence-corrected chi connectivity index (χ1v) is 14.4. The van der Waals surface area contributed by atoms with E-state index < -0.39 is 17.8 Å². The van der Waals surface area contributed by atoms with Crippen LogP contribution in [-0.4, -0.2) is 80.2 Å². The van der Waals surface area contributed by atoms with E-state index in [1.807, 2.05) is 0 Å². The molecule has 0 spiro atoms. The SMILES string of the molecule is COc1cc2c(Oc3ccc(N(C(C)=O)C(N)=O)cc3F)ccnc2cc1OCCCN1CCN(C)CC1.c1cc2cc-2c1. The number of pyridine rings is 1. The minimum Gasteiger partial charge on any atom is -0.493 e. The lowest BCUT2D eigenvalue weighted by atomic mass is 10.1. The van der Waals surface area contributed by atoms with Crippen LogP contribution >= 0.6 is 0 Å². The van der Waals surface area contributed by atoms with Crippen molar-refractivity contribution in [3.05, 3.63) is 72.7 Å². The fourth-order valence-electron chi connectivity index (χ4n) is 5.00. The quantitative estimate of drug-likeness (QED) is 0.227. The van der Waals surface area contributed by atoms with E-state index in [1.54, 1.807) is 31.5 Å². The van der Waals surface area contributed by atoms with Gasteiger partial charge in [0.25, 0.3) is 0 Å². The summed E-state index contributed by atoms with van der Waals surface area (Å²) in [7, 11) is 3.69. The summed E-state index contributed by atoms with van der Waals surface area (Å²) in [6, 6.07) is 16.3. The molecule has 3 amide bonds. The predicted octanol–water partition coefficient (Wildman–Crippen LogP) is 5.29. The highest BCUT2D eigenvalue weighted by Crippen LogP contribution is 2.38. The number of methoxy groups -OCH3 is 1. The van der Waals surface area contributed by atoms with E-state index in [-0.39, 0.29) is 11.4 Å². The summed E-state index contributed by atoms with van der Waals surface area (Å²) < 4.78 is 32.3. The van der Waals surface area contributed by atoms with Crippen LogP contribution in [0.1, 0.15) is 13.3 Å². The van der Waals surface area contributed by atoms with Gasteiger partial charge in [-0.3, -0.25) is 9.78 Å². The van der Waals surface area contributed by atoms with Crippen molar-refractivity contribution < 1.29 is 28.2 Å². The van der Waals surface area contributed by atoms with Crippen LogP contribution in [0.3, 0.4) is 0 Å². The van der Waals surface area contributed by atoms with Crippen LogP contribution in [0, 0.1) is 5.82 Å². The number of likely N-dealkylation sites (N-methyl/N-ethyl adjacent to an activating group) is 1. The summed E-state index contributed by atoms with van der Waals surface area (Å²) in [5.74, 6) is -0.0849. The highest BCUT2D eigenvalue weighted by atomic mass is 19.1. The second kappa shape index (κ2) is 13.7. The predicted molar refractivity (Wildman–Crippen MR) is 167 cm³/mol. The van der Waals surface area contributed by atoms with Crippen molar-refractivity contribution in [1.82, 2.24) is 14.8 Å². The van der Waals surface area contributed by atoms with Crippen LogP contribution in [0.5, 0.6) is 23.0 Å². The first kappa shape index (κ1) is 30.7. The van der Waals surface area contributed by atoms with E-state index in [4.69, 9.17) is 19.9 Å². The number of imide groups is 1. The van der Waals surface area contributed by atoms with Gasteiger partial charge in [-0.2, -0.15) is 0 Å². The number of ether oxygens (including phenoxy) is 3. The lowest BCUT2D eigenvalue weighted by Gasteiger charge is -2.32. The average Bonchev–Trinajstić information content (AvgIpc) is 3.60. The number of halogens is 1. The Morgan fingerprint density at radius 1 is 0.955 bits per heavy atom. The summed E-state index contributed by atoms with van der Waals surface area (Å²) in [4.78, 5) is 33.1. The lowest BCUT2D eigenvalue weighted by molar-refractivity contribution is -0.115. The average molecular weight is 602 g/mol. The van der Waals surface area contributed by atoms with E-state index in [1.165, 1.54) is 23.3 Å². The number of aromatic nitrogens is 1. The van der Waals surface area contributed by atoms with Gasteiger partial charge in [0.05, 0.1) is 24.9 Å². The number of nitrogens with zero attached hydrogens (tertiary/aromatic N) is 4. The summed E-state index contributed by atoms with van der Waals surface area (Å²) in [5.41, 5.74) is 8.69. The zero-order valence-corrected chi connectivity index (χ0v) is 25.1. The summed E-state index contributed by atoms with van der Waals surface area (Å²) in [6.45, 7) is 6.94. The van der Waals surface area contributed by atoms with Gasteiger partial charge in [0.2, 0.25) is 5.91 Å². The molecule has 44 heavy (non-hydrogen) atoms. The minimum atomic E-state index is -1.00. The van der Waals surface area contributed by atoms with E-state index in [9.17, 15) is 14.0 Å². The van der Waals surface area contributed by atoms with Crippen LogP contribution in [0.15, 0.2) is 66.9 Å². The normalized spacial score (nSPS) is 13.9. The molecule has 2 N–H and O–H groups in total. The highest BCUT2D eigenvalue weighted by molar-refractivity contribution is 6.12. The molecule has 1 saturated heterocycles. The van der Waals surface area contributed by atoms with Gasteiger partial charge in [-0.1, -0.05) is 18.2 Å². The second-order valence-corrected chi connectivity index (χ2v) is 10.7. The molecule has 0 radical (unpaired) electrons. The Balaban J connectivity index is 0.000000561. The van der Waals surface area contributed by atoms with Gasteiger partial charge >= 0.3 is 6.03 Å². The molecular formula is C33H36FN5O5. The number of anilines is 1. The van der Waals surface area contributed by atoms with Crippen LogP contribution < -0.4 is 24.8 Å². The number of carbonyl (C=O) groups is 2. The second-order valence-electron chi connectivity index (χ2n) is 10.7. The number of piperazine rings is 1. The fraction of sp³-hybridized carbons (Fsp3) is 0.303. The number of fused-ring (bicyclic) bond motifs is 2. The number of carbonyl (C=O) groups excluding carboxylic acids is 2. The molecule has 0 unspecified atom stereocenters. The fourth-order valence-corrected chi connectivity index (χ4v) is 5.00. The zero-order valence-electron chi connectivity index (χ0n) is 25.1. The number of urea groups is 1. The molecule has 3 aromatic rings. The smallest absolute Gasteiger partial charge is 0.326 e. The molecule has 0 saturated carbocycles. The molecule has 1 aliphatic heterocycles.